The van der Waals surface area contributed by atoms with E-state index < -0.39 is 11.9 Å². The molecule has 0 aromatic carbocycles. The fourth-order valence-electron chi connectivity index (χ4n) is 0. The Kier molecular flexibility index (Phi) is 17.0. The molecule has 0 saturated carbocycles. The van der Waals surface area contributed by atoms with Gasteiger partial charge in [-0.15, -0.1) is 13.2 Å². The van der Waals surface area contributed by atoms with Gasteiger partial charge in [-0.1, -0.05) is 13.2 Å². The zero-order valence-electron chi connectivity index (χ0n) is 7.62. The first kappa shape index (κ1) is 17.3. The van der Waals surface area contributed by atoms with Crippen molar-refractivity contribution in [2.24, 2.45) is 0 Å². The van der Waals surface area contributed by atoms with E-state index >= 15 is 0 Å². The summed E-state index contributed by atoms with van der Waals surface area (Å²) in [5, 5.41) is 15.5. The van der Waals surface area contributed by atoms with Crippen LogP contribution in [0.3, 0.4) is 0 Å². The number of carboxylic acids is 2. The zero-order valence-corrected chi connectivity index (χ0v) is 7.62. The molecule has 0 aliphatic carbocycles. The van der Waals surface area contributed by atoms with Crippen LogP contribution >= 0.6 is 0 Å². The molecule has 0 spiro atoms. The fraction of sp³-hybridized carbons (Fsp3) is 0.111. The molecule has 0 aromatic rings. The van der Waals surface area contributed by atoms with Gasteiger partial charge in [0.15, 0.2) is 0 Å². The SMILES string of the molecule is C=C.C=C(C)C(=O)O.C=CC(=O)O. The quantitative estimate of drug-likeness (QED) is 0.508. The third-order valence-corrected chi connectivity index (χ3v) is 0.540. The van der Waals surface area contributed by atoms with Gasteiger partial charge in [-0.05, 0) is 6.92 Å². The molecule has 0 rings (SSSR count). The number of carbonyl (C=O) groups is 2. The van der Waals surface area contributed by atoms with Crippen LogP contribution in [0.15, 0.2) is 38.0 Å². The maximum absolute atomic E-state index is 9.60. The van der Waals surface area contributed by atoms with Crippen LogP contribution in [0.25, 0.3) is 0 Å². The van der Waals surface area contributed by atoms with Crippen molar-refractivity contribution < 1.29 is 19.8 Å². The second-order valence-electron chi connectivity index (χ2n) is 1.63. The van der Waals surface area contributed by atoms with E-state index in [-0.39, 0.29) is 5.57 Å². The molecule has 0 heterocycles. The topological polar surface area (TPSA) is 74.6 Å². The van der Waals surface area contributed by atoms with Gasteiger partial charge < -0.3 is 10.2 Å². The van der Waals surface area contributed by atoms with Crippen LogP contribution in [0.4, 0.5) is 0 Å². The summed E-state index contributed by atoms with van der Waals surface area (Å²) < 4.78 is 0. The monoisotopic (exact) mass is 186 g/mol. The summed E-state index contributed by atoms with van der Waals surface area (Å²) in [4.78, 5) is 18.8. The molecule has 2 N–H and O–H groups in total. The van der Waals surface area contributed by atoms with E-state index in [2.05, 4.69) is 26.3 Å². The Morgan fingerprint density at radius 3 is 1.38 bits per heavy atom. The molecule has 0 amide bonds. The second-order valence-corrected chi connectivity index (χ2v) is 1.63. The van der Waals surface area contributed by atoms with Gasteiger partial charge in [0, 0.05) is 11.6 Å². The lowest BCUT2D eigenvalue weighted by molar-refractivity contribution is -0.133. The molecule has 4 heteroatoms. The van der Waals surface area contributed by atoms with Gasteiger partial charge in [0.2, 0.25) is 0 Å². The van der Waals surface area contributed by atoms with Gasteiger partial charge in [-0.25, -0.2) is 9.59 Å². The Hall–Kier alpha value is -1.84. The molecule has 0 aliphatic heterocycles. The summed E-state index contributed by atoms with van der Waals surface area (Å²) in [7, 11) is 0. The third-order valence-electron chi connectivity index (χ3n) is 0.540. The van der Waals surface area contributed by atoms with E-state index in [9.17, 15) is 9.59 Å². The Balaban J connectivity index is -0.000000131. The number of hydrogen-bond acceptors (Lipinski definition) is 2. The van der Waals surface area contributed by atoms with Crippen LogP contribution in [0.5, 0.6) is 0 Å². The molecule has 0 bridgehead atoms. The molecule has 0 aliphatic rings. The standard InChI is InChI=1S/C4H6O2.C3H4O2.C2H4/c1-3(2)4(5)6;1-2-3(4)5;1-2/h1H2,2H3,(H,5,6);2H,1H2,(H,4,5);1-2H2. The van der Waals surface area contributed by atoms with Crippen molar-refractivity contribution in [3.63, 3.8) is 0 Å². The molecule has 0 radical (unpaired) electrons. The highest BCUT2D eigenvalue weighted by Gasteiger charge is 1.90. The van der Waals surface area contributed by atoms with Crippen molar-refractivity contribution in [2.45, 2.75) is 6.92 Å². The minimum absolute atomic E-state index is 0.176. The van der Waals surface area contributed by atoms with Crippen LogP contribution in [0.2, 0.25) is 0 Å². The van der Waals surface area contributed by atoms with E-state index in [0.717, 1.165) is 6.08 Å². The minimum Gasteiger partial charge on any atom is -0.478 e. The Morgan fingerprint density at radius 1 is 1.23 bits per heavy atom. The van der Waals surface area contributed by atoms with E-state index in [1.165, 1.54) is 6.92 Å². The Bertz CT molecular complexity index is 182. The zero-order chi connectivity index (χ0) is 11.4. The Labute approximate surface area is 77.5 Å². The molecule has 74 valence electrons. The lowest BCUT2D eigenvalue weighted by Crippen LogP contribution is -1.92. The summed E-state index contributed by atoms with van der Waals surface area (Å²) in [5.41, 5.74) is 0.176. The predicted molar refractivity (Wildman–Crippen MR) is 51.5 cm³/mol. The number of carboxylic acid groups (broad SMARTS) is 2. The predicted octanol–water partition coefficient (Wildman–Crippen LogP) is 1.71. The van der Waals surface area contributed by atoms with Gasteiger partial charge in [0.05, 0.1) is 0 Å². The molecule has 4 nitrogen and oxygen atoms in total. The van der Waals surface area contributed by atoms with Crippen molar-refractivity contribution in [2.75, 3.05) is 0 Å². The second kappa shape index (κ2) is 12.8. The molecule has 0 aromatic heterocycles. The minimum atomic E-state index is -0.981. The first-order valence-electron chi connectivity index (χ1n) is 3.16. The lowest BCUT2D eigenvalue weighted by atomic mass is 10.4. The van der Waals surface area contributed by atoms with Crippen molar-refractivity contribution in [3.8, 4) is 0 Å². The summed E-state index contributed by atoms with van der Waals surface area (Å²) in [6, 6.07) is 0. The highest BCUT2D eigenvalue weighted by Crippen LogP contribution is 1.81. The van der Waals surface area contributed by atoms with E-state index in [1.807, 2.05) is 0 Å². The third kappa shape index (κ3) is 39.1. The largest absolute Gasteiger partial charge is 0.478 e. The molecule has 0 unspecified atom stereocenters. The van der Waals surface area contributed by atoms with E-state index in [1.54, 1.807) is 0 Å². The fourth-order valence-corrected chi connectivity index (χ4v) is 0. The molecule has 0 fully saturated rings. The van der Waals surface area contributed by atoms with E-state index in [4.69, 9.17) is 10.2 Å². The normalized spacial score (nSPS) is 6.23. The summed E-state index contributed by atoms with van der Waals surface area (Å²) in [6.07, 6.45) is 0.833. The van der Waals surface area contributed by atoms with Gasteiger partial charge in [0.1, 0.15) is 0 Å². The lowest BCUT2D eigenvalue weighted by Gasteiger charge is -1.79. The van der Waals surface area contributed by atoms with Crippen LogP contribution in [0, 0.1) is 0 Å². The van der Waals surface area contributed by atoms with Crippen LogP contribution in [-0.4, -0.2) is 22.2 Å². The van der Waals surface area contributed by atoms with Crippen LogP contribution < -0.4 is 0 Å². The average molecular weight is 186 g/mol. The maximum atomic E-state index is 9.60. The highest BCUT2D eigenvalue weighted by molar-refractivity contribution is 5.84. The van der Waals surface area contributed by atoms with Crippen molar-refractivity contribution in [3.05, 3.63) is 38.0 Å². The van der Waals surface area contributed by atoms with Gasteiger partial charge in [-0.2, -0.15) is 0 Å². The van der Waals surface area contributed by atoms with Crippen molar-refractivity contribution in [1.29, 1.82) is 0 Å². The molecule has 0 atom stereocenters. The summed E-state index contributed by atoms with van der Waals surface area (Å²) in [5.74, 6) is -1.92. The van der Waals surface area contributed by atoms with Crippen LogP contribution in [0.1, 0.15) is 6.92 Å². The van der Waals surface area contributed by atoms with Crippen molar-refractivity contribution in [1.82, 2.24) is 0 Å². The van der Waals surface area contributed by atoms with Gasteiger partial charge in [-0.3, -0.25) is 0 Å². The average Bonchev–Trinajstić information content (AvgIpc) is 2.09. The number of aliphatic carboxylic acids is 2. The first-order valence-corrected chi connectivity index (χ1v) is 3.16. The van der Waals surface area contributed by atoms with E-state index in [0.29, 0.717) is 0 Å². The summed E-state index contributed by atoms with van der Waals surface area (Å²) in [6.45, 7) is 13.6. The first-order chi connectivity index (χ1) is 5.91. The molecule has 0 saturated heterocycles. The van der Waals surface area contributed by atoms with Gasteiger partial charge in [0.25, 0.3) is 0 Å². The van der Waals surface area contributed by atoms with Crippen molar-refractivity contribution >= 4 is 11.9 Å². The highest BCUT2D eigenvalue weighted by atomic mass is 16.4. The summed E-state index contributed by atoms with van der Waals surface area (Å²) >= 11 is 0. The molecular formula is C9H14O4. The smallest absolute Gasteiger partial charge is 0.330 e. The molecular weight excluding hydrogens is 172 g/mol. The number of hydrogen-bond donors (Lipinski definition) is 2. The van der Waals surface area contributed by atoms with Crippen LogP contribution in [-0.2, 0) is 9.59 Å². The van der Waals surface area contributed by atoms with Gasteiger partial charge >= 0.3 is 11.9 Å². The molecule has 13 heavy (non-hydrogen) atoms. The maximum Gasteiger partial charge on any atom is 0.330 e. The number of rotatable bonds is 2. The Morgan fingerprint density at radius 2 is 1.38 bits per heavy atom.